The van der Waals surface area contributed by atoms with Crippen LogP contribution in [0.5, 0.6) is 5.75 Å². The molecule has 0 aliphatic rings. The molecule has 0 aliphatic carbocycles. The molecule has 0 aliphatic heterocycles. The smallest absolute Gasteiger partial charge is 0.261 e. The van der Waals surface area contributed by atoms with E-state index in [1.165, 1.54) is 0 Å². The van der Waals surface area contributed by atoms with Crippen LogP contribution in [0.25, 0.3) is 11.4 Å². The van der Waals surface area contributed by atoms with Gasteiger partial charge in [-0.05, 0) is 38.1 Å². The topological polar surface area (TPSA) is 77.2 Å². The first-order chi connectivity index (χ1) is 12.5. The molecule has 3 rings (SSSR count). The Hall–Kier alpha value is -2.86. The van der Waals surface area contributed by atoms with Gasteiger partial charge in [-0.3, -0.25) is 4.79 Å². The van der Waals surface area contributed by atoms with Gasteiger partial charge in [0, 0.05) is 10.6 Å². The fourth-order valence-corrected chi connectivity index (χ4v) is 2.35. The first kappa shape index (κ1) is 17.9. The van der Waals surface area contributed by atoms with Gasteiger partial charge in [-0.2, -0.15) is 4.98 Å². The van der Waals surface area contributed by atoms with E-state index < -0.39 is 6.10 Å². The normalized spacial score (nSPS) is 11.8. The second-order valence-corrected chi connectivity index (χ2v) is 6.25. The predicted molar refractivity (Wildman–Crippen MR) is 97.9 cm³/mol. The minimum atomic E-state index is -0.671. The van der Waals surface area contributed by atoms with E-state index in [4.69, 9.17) is 20.9 Å². The summed E-state index contributed by atoms with van der Waals surface area (Å²) in [7, 11) is 0. The van der Waals surface area contributed by atoms with Crippen LogP contribution < -0.4 is 10.1 Å². The third-order valence-corrected chi connectivity index (χ3v) is 3.94. The highest BCUT2D eigenvalue weighted by atomic mass is 35.5. The molecule has 1 amide bonds. The Morgan fingerprint density at radius 2 is 1.88 bits per heavy atom. The number of aryl methyl sites for hydroxylation is 1. The number of ether oxygens (including phenoxy) is 1. The third kappa shape index (κ3) is 4.61. The van der Waals surface area contributed by atoms with Gasteiger partial charge in [-0.25, -0.2) is 0 Å². The lowest BCUT2D eigenvalue weighted by Crippen LogP contribution is -2.35. The molecule has 0 spiro atoms. The number of nitrogens with zero attached hydrogens (tertiary/aromatic N) is 2. The van der Waals surface area contributed by atoms with Crippen molar-refractivity contribution in [1.82, 2.24) is 15.5 Å². The van der Waals surface area contributed by atoms with Crippen molar-refractivity contribution < 1.29 is 14.1 Å². The first-order valence-electron chi connectivity index (χ1n) is 8.11. The van der Waals surface area contributed by atoms with Crippen LogP contribution >= 0.6 is 11.6 Å². The van der Waals surface area contributed by atoms with E-state index >= 15 is 0 Å². The molecule has 0 fully saturated rings. The first-order valence-corrected chi connectivity index (χ1v) is 8.48. The van der Waals surface area contributed by atoms with E-state index in [0.717, 1.165) is 11.1 Å². The second-order valence-electron chi connectivity index (χ2n) is 5.81. The van der Waals surface area contributed by atoms with Gasteiger partial charge in [0.25, 0.3) is 5.91 Å². The van der Waals surface area contributed by atoms with E-state index in [0.29, 0.717) is 22.5 Å². The molecule has 0 unspecified atom stereocenters. The zero-order valence-electron chi connectivity index (χ0n) is 14.4. The fourth-order valence-electron chi connectivity index (χ4n) is 2.22. The number of hydrogen-bond acceptors (Lipinski definition) is 5. The molecule has 0 saturated carbocycles. The summed E-state index contributed by atoms with van der Waals surface area (Å²) in [6, 6.07) is 14.6. The lowest BCUT2D eigenvalue weighted by Gasteiger charge is -2.13. The zero-order chi connectivity index (χ0) is 18.5. The molecule has 0 radical (unpaired) electrons. The molecule has 1 N–H and O–H groups in total. The summed E-state index contributed by atoms with van der Waals surface area (Å²) in [6.45, 7) is 3.80. The Bertz CT molecular complexity index is 876. The van der Waals surface area contributed by atoms with E-state index in [1.54, 1.807) is 31.2 Å². The summed E-state index contributed by atoms with van der Waals surface area (Å²) in [5.74, 6) is 1.10. The van der Waals surface area contributed by atoms with Gasteiger partial charge in [0.15, 0.2) is 6.10 Å². The maximum atomic E-state index is 12.1. The number of carbonyl (C=O) groups is 1. The van der Waals surface area contributed by atoms with Crippen molar-refractivity contribution in [3.63, 3.8) is 0 Å². The molecule has 7 heteroatoms. The van der Waals surface area contributed by atoms with Gasteiger partial charge < -0.3 is 14.6 Å². The summed E-state index contributed by atoms with van der Waals surface area (Å²) in [5.41, 5.74) is 2.01. The summed E-state index contributed by atoms with van der Waals surface area (Å²) in [6.07, 6.45) is -0.671. The number of rotatable bonds is 6. The lowest BCUT2D eigenvalue weighted by molar-refractivity contribution is -0.127. The minimum Gasteiger partial charge on any atom is -0.481 e. The van der Waals surface area contributed by atoms with Crippen LogP contribution in [0.4, 0.5) is 0 Å². The van der Waals surface area contributed by atoms with Gasteiger partial charge in [0.05, 0.1) is 6.54 Å². The van der Waals surface area contributed by atoms with Crippen molar-refractivity contribution in [3.05, 3.63) is 65.0 Å². The molecule has 1 aromatic heterocycles. The summed E-state index contributed by atoms with van der Waals surface area (Å²) >= 11 is 5.82. The van der Waals surface area contributed by atoms with E-state index in [1.807, 2.05) is 31.2 Å². The number of halogens is 1. The molecular formula is C19H18ClN3O3. The quantitative estimate of drug-likeness (QED) is 0.713. The van der Waals surface area contributed by atoms with Crippen LogP contribution in [0.3, 0.4) is 0 Å². The predicted octanol–water partition coefficient (Wildman–Crippen LogP) is 3.78. The van der Waals surface area contributed by atoms with Crippen molar-refractivity contribution in [1.29, 1.82) is 0 Å². The molecule has 1 atom stereocenters. The van der Waals surface area contributed by atoms with Crippen LogP contribution in [0.15, 0.2) is 53.1 Å². The molecule has 6 nitrogen and oxygen atoms in total. The summed E-state index contributed by atoms with van der Waals surface area (Å²) in [4.78, 5) is 16.4. The molecule has 0 saturated heterocycles. The monoisotopic (exact) mass is 371 g/mol. The summed E-state index contributed by atoms with van der Waals surface area (Å²) in [5, 5.41) is 7.26. The Labute approximate surface area is 156 Å². The highest BCUT2D eigenvalue weighted by Crippen LogP contribution is 2.17. The number of amides is 1. The van der Waals surface area contributed by atoms with Crippen LogP contribution in [0.1, 0.15) is 18.4 Å². The average molecular weight is 372 g/mol. The maximum absolute atomic E-state index is 12.1. The Morgan fingerprint density at radius 1 is 1.19 bits per heavy atom. The van der Waals surface area contributed by atoms with Crippen molar-refractivity contribution in [2.75, 3.05) is 0 Å². The van der Waals surface area contributed by atoms with Crippen LogP contribution in [0, 0.1) is 6.92 Å². The van der Waals surface area contributed by atoms with Crippen molar-refractivity contribution >= 4 is 17.5 Å². The molecule has 134 valence electrons. The molecular weight excluding hydrogens is 354 g/mol. The average Bonchev–Trinajstić information content (AvgIpc) is 3.11. The lowest BCUT2D eigenvalue weighted by atomic mass is 10.1. The molecule has 0 bridgehead atoms. The van der Waals surface area contributed by atoms with Gasteiger partial charge in [0.2, 0.25) is 11.7 Å². The Balaban J connectivity index is 1.54. The molecule has 3 aromatic rings. The minimum absolute atomic E-state index is 0.131. The maximum Gasteiger partial charge on any atom is 0.261 e. The van der Waals surface area contributed by atoms with E-state index in [-0.39, 0.29) is 12.5 Å². The largest absolute Gasteiger partial charge is 0.481 e. The SMILES string of the molecule is Cc1ccc(-c2noc(CNC(=O)[C@H](C)Oc3ccc(Cl)cc3)n2)cc1. The second kappa shape index (κ2) is 8.01. The van der Waals surface area contributed by atoms with Gasteiger partial charge in [-0.1, -0.05) is 46.6 Å². The Kier molecular flexibility index (Phi) is 5.53. The van der Waals surface area contributed by atoms with Gasteiger partial charge in [0.1, 0.15) is 5.75 Å². The van der Waals surface area contributed by atoms with Crippen LogP contribution in [-0.4, -0.2) is 22.2 Å². The van der Waals surface area contributed by atoms with E-state index in [9.17, 15) is 4.79 Å². The highest BCUT2D eigenvalue weighted by Gasteiger charge is 2.16. The van der Waals surface area contributed by atoms with Crippen molar-refractivity contribution in [2.24, 2.45) is 0 Å². The number of hydrogen-bond donors (Lipinski definition) is 1. The fraction of sp³-hybridized carbons (Fsp3) is 0.211. The molecule has 1 heterocycles. The zero-order valence-corrected chi connectivity index (χ0v) is 15.2. The van der Waals surface area contributed by atoms with E-state index in [2.05, 4.69) is 15.5 Å². The van der Waals surface area contributed by atoms with Crippen LogP contribution in [-0.2, 0) is 11.3 Å². The Morgan fingerprint density at radius 3 is 2.58 bits per heavy atom. The highest BCUT2D eigenvalue weighted by molar-refractivity contribution is 6.30. The van der Waals surface area contributed by atoms with Crippen LogP contribution in [0.2, 0.25) is 5.02 Å². The number of nitrogens with one attached hydrogen (secondary N) is 1. The molecule has 2 aromatic carbocycles. The van der Waals surface area contributed by atoms with Gasteiger partial charge >= 0.3 is 0 Å². The number of aromatic nitrogens is 2. The molecule has 26 heavy (non-hydrogen) atoms. The third-order valence-electron chi connectivity index (χ3n) is 3.69. The van der Waals surface area contributed by atoms with Crippen molar-refractivity contribution in [2.45, 2.75) is 26.5 Å². The summed E-state index contributed by atoms with van der Waals surface area (Å²) < 4.78 is 10.7. The van der Waals surface area contributed by atoms with Crippen molar-refractivity contribution in [3.8, 4) is 17.1 Å². The number of carbonyl (C=O) groups excluding carboxylic acids is 1. The van der Waals surface area contributed by atoms with Gasteiger partial charge in [-0.15, -0.1) is 0 Å². The standard InChI is InChI=1S/C19H18ClN3O3/c1-12-3-5-14(6-4-12)18-22-17(26-23-18)11-21-19(24)13(2)25-16-9-7-15(20)8-10-16/h3-10,13H,11H2,1-2H3,(H,21,24)/t13-/m0/s1. The number of benzene rings is 2.